The second kappa shape index (κ2) is 10.8. The molecule has 0 amide bonds. The predicted molar refractivity (Wildman–Crippen MR) is 140 cm³/mol. The lowest BCUT2D eigenvalue weighted by Gasteiger charge is -2.30. The first-order chi connectivity index (χ1) is 17.2. The second-order valence-corrected chi connectivity index (χ2v) is 9.89. The van der Waals surface area contributed by atoms with Gasteiger partial charge in [-0.15, -0.1) is 0 Å². The average Bonchev–Trinajstić information content (AvgIpc) is 2.86. The molecule has 0 atom stereocenters. The number of benzene rings is 1. The number of rotatable bonds is 8. The van der Waals surface area contributed by atoms with E-state index in [0.717, 1.165) is 25.9 Å². The number of carbonyl (C=O) groups is 1. The fourth-order valence-electron chi connectivity index (χ4n) is 4.26. The Hall–Kier alpha value is -3.20. The number of aromatic nitrogens is 3. The number of piperidine rings is 1. The first-order valence-corrected chi connectivity index (χ1v) is 12.6. The van der Waals surface area contributed by atoms with Gasteiger partial charge >= 0.3 is 0 Å². The Balaban J connectivity index is 1.72. The summed E-state index contributed by atoms with van der Waals surface area (Å²) in [4.78, 5) is 35.8. The minimum Gasteiger partial charge on any atom is -0.480 e. The molecule has 8 nitrogen and oxygen atoms in total. The monoisotopic (exact) mass is 515 g/mol. The third kappa shape index (κ3) is 5.31. The van der Waals surface area contributed by atoms with E-state index in [1.165, 1.54) is 16.8 Å². The van der Waals surface area contributed by atoms with Gasteiger partial charge in [0.15, 0.2) is 23.2 Å². The molecule has 1 N–H and O–H groups in total. The van der Waals surface area contributed by atoms with Crippen LogP contribution >= 0.6 is 11.6 Å². The molecule has 1 aliphatic heterocycles. The largest absolute Gasteiger partial charge is 0.480 e. The molecule has 1 aromatic carbocycles. The van der Waals surface area contributed by atoms with Gasteiger partial charge in [0, 0.05) is 30.9 Å². The van der Waals surface area contributed by atoms with Crippen LogP contribution in [0.1, 0.15) is 53.0 Å². The Bertz CT molecular complexity index is 1340. The zero-order chi connectivity index (χ0) is 26.0. The Morgan fingerprint density at radius 2 is 2.03 bits per heavy atom. The van der Waals surface area contributed by atoms with Gasteiger partial charge in [-0.1, -0.05) is 25.4 Å². The molecule has 0 spiro atoms. The predicted octanol–water partition coefficient (Wildman–Crippen LogP) is 5.50. The number of fused-ring (bicyclic) bond motifs is 1. The van der Waals surface area contributed by atoms with Gasteiger partial charge in [0.05, 0.1) is 17.4 Å². The number of halogens is 2. The summed E-state index contributed by atoms with van der Waals surface area (Å²) in [7, 11) is 0. The molecule has 0 bridgehead atoms. The van der Waals surface area contributed by atoms with Crippen LogP contribution < -0.4 is 20.5 Å². The Labute approximate surface area is 214 Å². The summed E-state index contributed by atoms with van der Waals surface area (Å²) >= 11 is 6.35. The first-order valence-electron chi connectivity index (χ1n) is 12.3. The van der Waals surface area contributed by atoms with E-state index in [1.807, 2.05) is 13.8 Å². The summed E-state index contributed by atoms with van der Waals surface area (Å²) in [6.45, 7) is 9.05. The maximum Gasteiger partial charge on any atom is 0.293 e. The van der Waals surface area contributed by atoms with E-state index >= 15 is 4.39 Å². The van der Waals surface area contributed by atoms with Crippen molar-refractivity contribution in [2.75, 3.05) is 29.9 Å². The molecule has 0 saturated carbocycles. The lowest BCUT2D eigenvalue weighted by Crippen LogP contribution is -2.34. The van der Waals surface area contributed by atoms with Crippen molar-refractivity contribution in [1.82, 2.24) is 14.5 Å². The highest BCUT2D eigenvalue weighted by molar-refractivity contribution is 6.32. The van der Waals surface area contributed by atoms with Crippen LogP contribution in [0.15, 0.2) is 29.2 Å². The summed E-state index contributed by atoms with van der Waals surface area (Å²) < 4.78 is 22.8. The number of nitrogens with one attached hydrogen (secondary N) is 1. The summed E-state index contributed by atoms with van der Waals surface area (Å²) in [5.41, 5.74) is 0.149. The molecule has 10 heteroatoms. The second-order valence-electron chi connectivity index (χ2n) is 9.48. The summed E-state index contributed by atoms with van der Waals surface area (Å²) in [5, 5.41) is 3.44. The molecular formula is C26H31ClFN5O3. The van der Waals surface area contributed by atoms with Crippen LogP contribution in [-0.4, -0.2) is 40.0 Å². The molecule has 2 aromatic heterocycles. The Morgan fingerprint density at radius 1 is 1.31 bits per heavy atom. The van der Waals surface area contributed by atoms with E-state index in [2.05, 4.69) is 27.1 Å². The van der Waals surface area contributed by atoms with E-state index in [4.69, 9.17) is 16.3 Å². The number of ketones is 1. The van der Waals surface area contributed by atoms with Gasteiger partial charge < -0.3 is 19.5 Å². The molecular weight excluding hydrogens is 485 g/mol. The molecule has 0 aliphatic carbocycles. The average molecular weight is 516 g/mol. The number of pyridine rings is 1. The van der Waals surface area contributed by atoms with Crippen molar-refractivity contribution in [3.63, 3.8) is 0 Å². The van der Waals surface area contributed by atoms with Crippen molar-refractivity contribution in [2.24, 2.45) is 5.92 Å². The molecule has 0 unspecified atom stereocenters. The molecule has 1 saturated heterocycles. The maximum atomic E-state index is 15.8. The fourth-order valence-corrected chi connectivity index (χ4v) is 4.40. The number of Topliss-reactive ketones (excluding diaryl/α,β-unsaturated/α-hetero) is 1. The normalized spacial score (nSPS) is 14.5. The van der Waals surface area contributed by atoms with Crippen LogP contribution in [0, 0.1) is 11.7 Å². The van der Waals surface area contributed by atoms with Crippen molar-refractivity contribution in [3.8, 4) is 5.75 Å². The molecule has 3 heterocycles. The SMILES string of the molecule is CCC(=O)COc1cc2c(F)c(Nc3nc(N4CCC(C)CC4)ncc3Cl)ccc2n(C(C)C)c1=O. The topological polar surface area (TPSA) is 89.3 Å². The number of hydrogen-bond acceptors (Lipinski definition) is 7. The quantitative estimate of drug-likeness (QED) is 0.423. The molecule has 0 radical (unpaired) electrons. The van der Waals surface area contributed by atoms with Crippen LogP contribution in [0.25, 0.3) is 10.9 Å². The van der Waals surface area contributed by atoms with Gasteiger partial charge in [0.2, 0.25) is 5.95 Å². The van der Waals surface area contributed by atoms with Crippen molar-refractivity contribution in [2.45, 2.75) is 53.0 Å². The molecule has 36 heavy (non-hydrogen) atoms. The van der Waals surface area contributed by atoms with Gasteiger partial charge in [0.25, 0.3) is 5.56 Å². The van der Waals surface area contributed by atoms with Crippen molar-refractivity contribution < 1.29 is 13.9 Å². The molecule has 3 aromatic rings. The van der Waals surface area contributed by atoms with Gasteiger partial charge in [-0.05, 0) is 50.8 Å². The zero-order valence-electron chi connectivity index (χ0n) is 21.0. The summed E-state index contributed by atoms with van der Waals surface area (Å²) in [6, 6.07) is 4.32. The van der Waals surface area contributed by atoms with Crippen LogP contribution in [-0.2, 0) is 4.79 Å². The minimum absolute atomic E-state index is 0.0734. The number of anilines is 3. The van der Waals surface area contributed by atoms with E-state index in [9.17, 15) is 9.59 Å². The first kappa shape index (κ1) is 25.9. The third-order valence-corrected chi connectivity index (χ3v) is 6.75. The van der Waals surface area contributed by atoms with Gasteiger partial charge in [-0.25, -0.2) is 9.37 Å². The molecule has 1 aliphatic rings. The highest BCUT2D eigenvalue weighted by Gasteiger charge is 2.21. The number of carbonyl (C=O) groups excluding carboxylic acids is 1. The van der Waals surface area contributed by atoms with Gasteiger partial charge in [0.1, 0.15) is 11.6 Å². The minimum atomic E-state index is -0.586. The highest BCUT2D eigenvalue weighted by atomic mass is 35.5. The molecule has 192 valence electrons. The smallest absolute Gasteiger partial charge is 0.293 e. The van der Waals surface area contributed by atoms with Crippen molar-refractivity contribution >= 4 is 45.7 Å². The number of nitrogens with zero attached hydrogens (tertiary/aromatic N) is 4. The Kier molecular flexibility index (Phi) is 7.78. The van der Waals surface area contributed by atoms with Gasteiger partial charge in [-0.3, -0.25) is 9.59 Å². The van der Waals surface area contributed by atoms with Crippen LogP contribution in [0.5, 0.6) is 5.75 Å². The standard InChI is InChI=1S/C26H31ClFN5O3/c1-5-17(34)14-36-22-12-18-21(33(15(2)3)25(22)35)7-6-20(23(18)28)30-24-19(27)13-29-26(31-24)32-10-8-16(4)9-11-32/h6-7,12-13,15-16H,5,8-11,14H2,1-4H3,(H,29,30,31). The molecule has 4 rings (SSSR count). The highest BCUT2D eigenvalue weighted by Crippen LogP contribution is 2.32. The number of hydrogen-bond donors (Lipinski definition) is 1. The van der Waals surface area contributed by atoms with Crippen molar-refractivity contribution in [1.29, 1.82) is 0 Å². The van der Waals surface area contributed by atoms with Crippen LogP contribution in [0.2, 0.25) is 5.02 Å². The van der Waals surface area contributed by atoms with E-state index in [1.54, 1.807) is 19.1 Å². The molecule has 1 fully saturated rings. The van der Waals surface area contributed by atoms with Crippen LogP contribution in [0.3, 0.4) is 0 Å². The fraction of sp³-hybridized carbons (Fsp3) is 0.462. The zero-order valence-corrected chi connectivity index (χ0v) is 21.7. The summed E-state index contributed by atoms with van der Waals surface area (Å²) in [6.07, 6.45) is 3.91. The van der Waals surface area contributed by atoms with Crippen molar-refractivity contribution in [3.05, 3.63) is 45.6 Å². The van der Waals surface area contributed by atoms with E-state index in [-0.39, 0.29) is 46.7 Å². The lowest BCUT2D eigenvalue weighted by molar-refractivity contribution is -0.120. The van der Waals surface area contributed by atoms with Gasteiger partial charge in [-0.2, -0.15) is 4.98 Å². The maximum absolute atomic E-state index is 15.8. The van der Waals surface area contributed by atoms with E-state index < -0.39 is 11.4 Å². The van der Waals surface area contributed by atoms with Crippen LogP contribution in [0.4, 0.5) is 21.8 Å². The Morgan fingerprint density at radius 3 is 2.69 bits per heavy atom. The number of ether oxygens (including phenoxy) is 1. The third-order valence-electron chi connectivity index (χ3n) is 6.47. The van der Waals surface area contributed by atoms with E-state index in [0.29, 0.717) is 23.2 Å². The summed E-state index contributed by atoms with van der Waals surface area (Å²) in [5.74, 6) is 0.682. The lowest BCUT2D eigenvalue weighted by atomic mass is 10.00.